The van der Waals surface area contributed by atoms with Crippen LogP contribution in [0.2, 0.25) is 0 Å². The van der Waals surface area contributed by atoms with Crippen molar-refractivity contribution in [2.75, 3.05) is 6.54 Å². The normalized spacial score (nSPS) is 14.4. The fourth-order valence-corrected chi connectivity index (χ4v) is 2.13. The lowest BCUT2D eigenvalue weighted by molar-refractivity contribution is 0.0139. The van der Waals surface area contributed by atoms with Crippen molar-refractivity contribution in [2.45, 2.75) is 32.9 Å². The van der Waals surface area contributed by atoms with Gasteiger partial charge in [-0.3, -0.25) is 0 Å². The zero-order valence-electron chi connectivity index (χ0n) is 12.7. The number of hydrogen-bond donors (Lipinski definition) is 3. The van der Waals surface area contributed by atoms with E-state index in [0.717, 1.165) is 21.6 Å². The van der Waals surface area contributed by atoms with E-state index in [2.05, 4.69) is 31.2 Å². The maximum Gasteiger partial charge on any atom is 0.120 e. The summed E-state index contributed by atoms with van der Waals surface area (Å²) >= 11 is 3.43. The lowest BCUT2D eigenvalue weighted by Gasteiger charge is -2.27. The van der Waals surface area contributed by atoms with E-state index in [4.69, 9.17) is 0 Å². The van der Waals surface area contributed by atoms with E-state index >= 15 is 0 Å². The van der Waals surface area contributed by atoms with Gasteiger partial charge in [0.25, 0.3) is 0 Å². The summed E-state index contributed by atoms with van der Waals surface area (Å²) in [6, 6.07) is 8.10. The summed E-state index contributed by atoms with van der Waals surface area (Å²) < 4.78 is 1.06. The second kappa shape index (κ2) is 6.73. The molecular formula is C16H22BrN3O. The number of nitrogens with one attached hydrogen (secondary N) is 2. The Bertz CT molecular complexity index is 575. The van der Waals surface area contributed by atoms with Gasteiger partial charge in [0.15, 0.2) is 0 Å². The van der Waals surface area contributed by atoms with Crippen molar-refractivity contribution >= 4 is 15.9 Å². The van der Waals surface area contributed by atoms with Crippen LogP contribution in [0.5, 0.6) is 0 Å². The summed E-state index contributed by atoms with van der Waals surface area (Å²) in [5.74, 6) is 1.08. The molecule has 0 aliphatic heterocycles. The quantitative estimate of drug-likeness (QED) is 0.747. The summed E-state index contributed by atoms with van der Waals surface area (Å²) in [6.45, 7) is 7.03. The molecule has 0 radical (unpaired) electrons. The summed E-state index contributed by atoms with van der Waals surface area (Å²) in [4.78, 5) is 7.66. The van der Waals surface area contributed by atoms with Gasteiger partial charge in [-0.25, -0.2) is 4.98 Å². The monoisotopic (exact) mass is 351 g/mol. The Labute approximate surface area is 134 Å². The fraction of sp³-hybridized carbons (Fsp3) is 0.438. The molecule has 2 rings (SSSR count). The fourth-order valence-electron chi connectivity index (χ4n) is 1.87. The molecular weight excluding hydrogens is 330 g/mol. The molecule has 114 valence electrons. The summed E-state index contributed by atoms with van der Waals surface area (Å²) in [5, 5.41) is 13.4. The smallest absolute Gasteiger partial charge is 0.120 e. The SMILES string of the molecule is CC(C)C(C)(O)CNCc1ncc(-c2ccc(Br)cc2)[nH]1. The van der Waals surface area contributed by atoms with E-state index in [1.807, 2.05) is 51.2 Å². The lowest BCUT2D eigenvalue weighted by Crippen LogP contribution is -2.42. The van der Waals surface area contributed by atoms with Crippen LogP contribution in [-0.4, -0.2) is 27.2 Å². The van der Waals surface area contributed by atoms with Crippen LogP contribution >= 0.6 is 15.9 Å². The average molecular weight is 352 g/mol. The minimum absolute atomic E-state index is 0.208. The highest BCUT2D eigenvalue weighted by Crippen LogP contribution is 2.20. The number of aromatic nitrogens is 2. The number of H-pyrrole nitrogens is 1. The Balaban J connectivity index is 1.93. The molecule has 0 aliphatic carbocycles. The molecule has 21 heavy (non-hydrogen) atoms. The van der Waals surface area contributed by atoms with Gasteiger partial charge in [0, 0.05) is 11.0 Å². The van der Waals surface area contributed by atoms with Gasteiger partial charge in [0.2, 0.25) is 0 Å². The van der Waals surface area contributed by atoms with Gasteiger partial charge >= 0.3 is 0 Å². The molecule has 1 aromatic heterocycles. The van der Waals surface area contributed by atoms with Gasteiger partial charge in [0.05, 0.1) is 24.0 Å². The maximum atomic E-state index is 10.2. The number of aliphatic hydroxyl groups is 1. The van der Waals surface area contributed by atoms with Gasteiger partial charge in [-0.05, 0) is 30.5 Å². The number of rotatable bonds is 6. The van der Waals surface area contributed by atoms with Crippen LogP contribution in [0.4, 0.5) is 0 Å². The molecule has 0 bridgehead atoms. The molecule has 1 atom stereocenters. The van der Waals surface area contributed by atoms with E-state index in [1.165, 1.54) is 0 Å². The molecule has 0 saturated heterocycles. The van der Waals surface area contributed by atoms with Crippen LogP contribution in [0.15, 0.2) is 34.9 Å². The first kappa shape index (κ1) is 16.2. The van der Waals surface area contributed by atoms with E-state index in [0.29, 0.717) is 13.1 Å². The topological polar surface area (TPSA) is 60.9 Å². The van der Waals surface area contributed by atoms with E-state index in [9.17, 15) is 5.11 Å². The average Bonchev–Trinajstić information content (AvgIpc) is 2.88. The molecule has 0 saturated carbocycles. The third-order valence-corrected chi connectivity index (χ3v) is 4.33. The molecule has 5 heteroatoms. The van der Waals surface area contributed by atoms with Gasteiger partial charge in [-0.15, -0.1) is 0 Å². The molecule has 1 unspecified atom stereocenters. The van der Waals surface area contributed by atoms with Gasteiger partial charge < -0.3 is 15.4 Å². The van der Waals surface area contributed by atoms with Crippen LogP contribution in [0, 0.1) is 5.92 Å². The molecule has 0 spiro atoms. The highest BCUT2D eigenvalue weighted by molar-refractivity contribution is 9.10. The maximum absolute atomic E-state index is 10.2. The van der Waals surface area contributed by atoms with Gasteiger partial charge in [-0.2, -0.15) is 0 Å². The van der Waals surface area contributed by atoms with Crippen molar-refractivity contribution in [3.8, 4) is 11.3 Å². The van der Waals surface area contributed by atoms with Crippen molar-refractivity contribution in [1.82, 2.24) is 15.3 Å². The standard InChI is InChI=1S/C16H22BrN3O/c1-11(2)16(3,21)10-18-9-15-19-8-14(20-15)12-4-6-13(17)7-5-12/h4-8,11,18,21H,9-10H2,1-3H3,(H,19,20). The molecule has 0 amide bonds. The minimum Gasteiger partial charge on any atom is -0.389 e. The van der Waals surface area contributed by atoms with Crippen LogP contribution < -0.4 is 5.32 Å². The van der Waals surface area contributed by atoms with Crippen LogP contribution in [-0.2, 0) is 6.54 Å². The number of nitrogens with zero attached hydrogens (tertiary/aromatic N) is 1. The largest absolute Gasteiger partial charge is 0.389 e. The minimum atomic E-state index is -0.707. The number of benzene rings is 1. The van der Waals surface area contributed by atoms with E-state index in [1.54, 1.807) is 0 Å². The highest BCUT2D eigenvalue weighted by Gasteiger charge is 2.24. The first-order valence-corrected chi connectivity index (χ1v) is 7.91. The van der Waals surface area contributed by atoms with Gasteiger partial charge in [0.1, 0.15) is 5.82 Å². The third kappa shape index (κ3) is 4.40. The Hall–Kier alpha value is -1.17. The predicted octanol–water partition coefficient (Wildman–Crippen LogP) is 3.34. The number of aromatic amines is 1. The number of imidazole rings is 1. The molecule has 4 nitrogen and oxygen atoms in total. The Morgan fingerprint density at radius 1 is 1.33 bits per heavy atom. The first-order valence-electron chi connectivity index (χ1n) is 7.11. The number of halogens is 1. The predicted molar refractivity (Wildman–Crippen MR) is 88.9 cm³/mol. The molecule has 0 aliphatic rings. The molecule has 0 fully saturated rings. The van der Waals surface area contributed by atoms with Gasteiger partial charge in [-0.1, -0.05) is 41.9 Å². The Kier molecular flexibility index (Phi) is 5.19. The lowest BCUT2D eigenvalue weighted by atomic mass is 9.93. The van der Waals surface area contributed by atoms with Crippen molar-refractivity contribution in [3.63, 3.8) is 0 Å². The van der Waals surface area contributed by atoms with Crippen LogP contribution in [0.1, 0.15) is 26.6 Å². The molecule has 3 N–H and O–H groups in total. The van der Waals surface area contributed by atoms with Crippen molar-refractivity contribution in [2.24, 2.45) is 5.92 Å². The zero-order valence-corrected chi connectivity index (χ0v) is 14.2. The molecule has 1 aromatic carbocycles. The van der Waals surface area contributed by atoms with E-state index < -0.39 is 5.60 Å². The van der Waals surface area contributed by atoms with Crippen molar-refractivity contribution in [1.29, 1.82) is 0 Å². The van der Waals surface area contributed by atoms with Crippen molar-refractivity contribution in [3.05, 3.63) is 40.8 Å². The summed E-state index contributed by atoms with van der Waals surface area (Å²) in [7, 11) is 0. The Morgan fingerprint density at radius 2 is 2.00 bits per heavy atom. The Morgan fingerprint density at radius 3 is 2.62 bits per heavy atom. The van der Waals surface area contributed by atoms with Crippen LogP contribution in [0.25, 0.3) is 11.3 Å². The number of hydrogen-bond acceptors (Lipinski definition) is 3. The van der Waals surface area contributed by atoms with Crippen molar-refractivity contribution < 1.29 is 5.11 Å². The molecule has 2 aromatic rings. The summed E-state index contributed by atoms with van der Waals surface area (Å²) in [6.07, 6.45) is 1.83. The summed E-state index contributed by atoms with van der Waals surface area (Å²) in [5.41, 5.74) is 1.39. The zero-order chi connectivity index (χ0) is 15.5. The van der Waals surface area contributed by atoms with Crippen LogP contribution in [0.3, 0.4) is 0 Å². The first-order chi connectivity index (χ1) is 9.88. The molecule has 1 heterocycles. The third-order valence-electron chi connectivity index (χ3n) is 3.80. The highest BCUT2D eigenvalue weighted by atomic mass is 79.9. The van der Waals surface area contributed by atoms with E-state index in [-0.39, 0.29) is 5.92 Å². The second-order valence-electron chi connectivity index (χ2n) is 5.87. The second-order valence-corrected chi connectivity index (χ2v) is 6.78.